The van der Waals surface area contributed by atoms with Gasteiger partial charge in [0.2, 0.25) is 11.8 Å². The van der Waals surface area contributed by atoms with Crippen LogP contribution in [0, 0.1) is 0 Å². The van der Waals surface area contributed by atoms with E-state index in [9.17, 15) is 4.79 Å². The van der Waals surface area contributed by atoms with Crippen molar-refractivity contribution in [3.05, 3.63) is 24.2 Å². The van der Waals surface area contributed by atoms with Gasteiger partial charge in [-0.1, -0.05) is 0 Å². The average Bonchev–Trinajstić information content (AvgIpc) is 2.97. The number of amides is 1. The van der Waals surface area contributed by atoms with E-state index < -0.39 is 0 Å². The fourth-order valence-electron chi connectivity index (χ4n) is 2.34. The molecule has 7 heteroatoms. The molecular weight excluding hydrogens is 286 g/mol. The zero-order chi connectivity index (χ0) is 15.2. The number of oxazole rings is 1. The van der Waals surface area contributed by atoms with Gasteiger partial charge in [0, 0.05) is 12.8 Å². The van der Waals surface area contributed by atoms with Crippen molar-refractivity contribution in [2.24, 2.45) is 0 Å². The van der Waals surface area contributed by atoms with Gasteiger partial charge in [-0.15, -0.1) is 0 Å². The van der Waals surface area contributed by atoms with Gasteiger partial charge >= 0.3 is 0 Å². The summed E-state index contributed by atoms with van der Waals surface area (Å²) < 4.78 is 16.4. The Hall–Kier alpha value is -1.99. The zero-order valence-electron chi connectivity index (χ0n) is 12.3. The van der Waals surface area contributed by atoms with Crippen LogP contribution >= 0.6 is 0 Å². The lowest BCUT2D eigenvalue weighted by molar-refractivity contribution is -0.128. The summed E-state index contributed by atoms with van der Waals surface area (Å²) in [6, 6.07) is 3.56. The molecule has 118 valence electrons. The summed E-state index contributed by atoms with van der Waals surface area (Å²) in [6.07, 6.45) is 5.03. The fourth-order valence-corrected chi connectivity index (χ4v) is 2.34. The largest absolute Gasteiger partial charge is 0.437 e. The highest BCUT2D eigenvalue weighted by Gasteiger charge is 2.14. The summed E-state index contributed by atoms with van der Waals surface area (Å²) >= 11 is 0. The predicted octanol–water partition coefficient (Wildman–Crippen LogP) is 1.42. The number of rotatable bonds is 6. The van der Waals surface area contributed by atoms with E-state index in [1.165, 1.54) is 0 Å². The Morgan fingerprint density at radius 2 is 2.41 bits per heavy atom. The molecule has 2 aromatic rings. The minimum Gasteiger partial charge on any atom is -0.437 e. The summed E-state index contributed by atoms with van der Waals surface area (Å²) in [7, 11) is 0. The van der Waals surface area contributed by atoms with Crippen LogP contribution in [0.15, 0.2) is 22.7 Å². The van der Waals surface area contributed by atoms with Gasteiger partial charge in [-0.2, -0.15) is 4.98 Å². The Morgan fingerprint density at radius 3 is 3.23 bits per heavy atom. The minimum absolute atomic E-state index is 0.0122. The summed E-state index contributed by atoms with van der Waals surface area (Å²) in [6.45, 7) is 1.48. The van der Waals surface area contributed by atoms with Crippen molar-refractivity contribution in [2.75, 3.05) is 19.8 Å². The second-order valence-corrected chi connectivity index (χ2v) is 5.21. The van der Waals surface area contributed by atoms with Gasteiger partial charge in [0.1, 0.15) is 6.61 Å². The number of carbonyl (C=O) groups excluding carboxylic acids is 1. The number of carbonyl (C=O) groups is 1. The first kappa shape index (κ1) is 14.9. The number of fused-ring (bicyclic) bond motifs is 1. The second kappa shape index (κ2) is 7.33. The Bertz CT molecular complexity index is 589. The number of ether oxygens (including phenoxy) is 2. The van der Waals surface area contributed by atoms with Crippen molar-refractivity contribution in [1.29, 1.82) is 0 Å². The maximum absolute atomic E-state index is 11.7. The van der Waals surface area contributed by atoms with Gasteiger partial charge in [0.05, 0.1) is 19.3 Å². The quantitative estimate of drug-likeness (QED) is 0.868. The summed E-state index contributed by atoms with van der Waals surface area (Å²) in [5, 5.41) is 2.71. The summed E-state index contributed by atoms with van der Waals surface area (Å²) in [5.41, 5.74) is 1.15. The smallest absolute Gasteiger partial charge is 0.246 e. The van der Waals surface area contributed by atoms with Gasteiger partial charge in [0.15, 0.2) is 11.2 Å². The van der Waals surface area contributed by atoms with Crippen LogP contribution in [0.4, 0.5) is 0 Å². The molecule has 1 fully saturated rings. The molecule has 0 aliphatic carbocycles. The fraction of sp³-hybridized carbons (Fsp3) is 0.533. The van der Waals surface area contributed by atoms with Gasteiger partial charge in [-0.25, -0.2) is 4.98 Å². The van der Waals surface area contributed by atoms with E-state index in [0.717, 1.165) is 25.9 Å². The molecule has 0 aromatic carbocycles. The highest BCUT2D eigenvalue weighted by molar-refractivity contribution is 5.77. The van der Waals surface area contributed by atoms with E-state index in [1.807, 2.05) is 0 Å². The molecule has 1 N–H and O–H groups in total. The van der Waals surface area contributed by atoms with Crippen LogP contribution in [-0.2, 0) is 20.8 Å². The van der Waals surface area contributed by atoms with Crippen molar-refractivity contribution in [2.45, 2.75) is 31.9 Å². The molecule has 0 spiro atoms. The molecule has 0 saturated carbocycles. The SMILES string of the molecule is O=C(COCC1CCCCO1)NCc1nc2ncccc2o1. The highest BCUT2D eigenvalue weighted by Crippen LogP contribution is 2.13. The van der Waals surface area contributed by atoms with Crippen LogP contribution in [0.1, 0.15) is 25.2 Å². The lowest BCUT2D eigenvalue weighted by Gasteiger charge is -2.22. The molecular formula is C15H19N3O4. The Labute approximate surface area is 128 Å². The maximum Gasteiger partial charge on any atom is 0.246 e. The first-order chi connectivity index (χ1) is 10.8. The molecule has 0 radical (unpaired) electrons. The van der Waals surface area contributed by atoms with Crippen LogP contribution < -0.4 is 5.32 Å². The number of aromatic nitrogens is 2. The number of nitrogens with zero attached hydrogens (tertiary/aromatic N) is 2. The molecule has 22 heavy (non-hydrogen) atoms. The van der Waals surface area contributed by atoms with Gasteiger partial charge in [0.25, 0.3) is 0 Å². The number of hydrogen-bond acceptors (Lipinski definition) is 6. The summed E-state index contributed by atoms with van der Waals surface area (Å²) in [5.74, 6) is 0.226. The lowest BCUT2D eigenvalue weighted by Crippen LogP contribution is -2.30. The molecule has 1 aliphatic rings. The first-order valence-corrected chi connectivity index (χ1v) is 7.48. The maximum atomic E-state index is 11.7. The van der Waals surface area contributed by atoms with E-state index in [-0.39, 0.29) is 25.2 Å². The van der Waals surface area contributed by atoms with Crippen molar-refractivity contribution in [3.63, 3.8) is 0 Å². The third kappa shape index (κ3) is 4.02. The van der Waals surface area contributed by atoms with E-state index in [4.69, 9.17) is 13.9 Å². The van der Waals surface area contributed by atoms with E-state index in [2.05, 4.69) is 15.3 Å². The Morgan fingerprint density at radius 1 is 1.45 bits per heavy atom. The van der Waals surface area contributed by atoms with Crippen molar-refractivity contribution < 1.29 is 18.7 Å². The molecule has 1 atom stereocenters. The molecule has 0 bridgehead atoms. The van der Waals surface area contributed by atoms with Gasteiger partial charge in [-0.05, 0) is 31.4 Å². The molecule has 3 rings (SSSR count). The standard InChI is InChI=1S/C15H19N3O4/c19-13(10-20-9-11-4-1-2-7-21-11)17-8-14-18-15-12(22-14)5-3-6-16-15/h3,5-6,11H,1-2,4,7-10H2,(H,17,19). The van der Waals surface area contributed by atoms with Crippen LogP contribution in [0.25, 0.3) is 11.2 Å². The molecule has 2 aromatic heterocycles. The Kier molecular flexibility index (Phi) is 4.97. The van der Waals surface area contributed by atoms with Gasteiger partial charge < -0.3 is 19.2 Å². The molecule has 3 heterocycles. The monoisotopic (exact) mass is 305 g/mol. The molecule has 1 aliphatic heterocycles. The number of hydrogen-bond donors (Lipinski definition) is 1. The summed E-state index contributed by atoms with van der Waals surface area (Å²) in [4.78, 5) is 20.0. The Balaban J connectivity index is 1.38. The first-order valence-electron chi connectivity index (χ1n) is 7.48. The van der Waals surface area contributed by atoms with Crippen molar-refractivity contribution in [3.8, 4) is 0 Å². The predicted molar refractivity (Wildman–Crippen MR) is 78.1 cm³/mol. The molecule has 1 saturated heterocycles. The molecule has 1 unspecified atom stereocenters. The minimum atomic E-state index is -0.203. The number of pyridine rings is 1. The topological polar surface area (TPSA) is 86.5 Å². The van der Waals surface area contributed by atoms with Crippen LogP contribution in [0.2, 0.25) is 0 Å². The van der Waals surface area contributed by atoms with E-state index in [0.29, 0.717) is 23.7 Å². The zero-order valence-corrected chi connectivity index (χ0v) is 12.3. The average molecular weight is 305 g/mol. The van der Waals surface area contributed by atoms with Crippen molar-refractivity contribution in [1.82, 2.24) is 15.3 Å². The van der Waals surface area contributed by atoms with E-state index in [1.54, 1.807) is 18.3 Å². The third-order valence-electron chi connectivity index (χ3n) is 3.46. The molecule has 7 nitrogen and oxygen atoms in total. The second-order valence-electron chi connectivity index (χ2n) is 5.21. The lowest BCUT2D eigenvalue weighted by atomic mass is 10.1. The van der Waals surface area contributed by atoms with Crippen LogP contribution in [0.3, 0.4) is 0 Å². The van der Waals surface area contributed by atoms with E-state index >= 15 is 0 Å². The normalized spacial score (nSPS) is 18.5. The van der Waals surface area contributed by atoms with Crippen LogP contribution in [-0.4, -0.2) is 41.8 Å². The van der Waals surface area contributed by atoms with Crippen LogP contribution in [0.5, 0.6) is 0 Å². The van der Waals surface area contributed by atoms with Gasteiger partial charge in [-0.3, -0.25) is 4.79 Å². The van der Waals surface area contributed by atoms with Crippen molar-refractivity contribution >= 4 is 17.1 Å². The third-order valence-corrected chi connectivity index (χ3v) is 3.46. The highest BCUT2D eigenvalue weighted by atomic mass is 16.5. The molecule has 1 amide bonds. The number of nitrogens with one attached hydrogen (secondary N) is 1.